The van der Waals surface area contributed by atoms with Crippen molar-refractivity contribution < 1.29 is 18.3 Å². The molecule has 1 amide bonds. The minimum Gasteiger partial charge on any atom is -0.379 e. The number of hydrogen-bond acceptors (Lipinski definition) is 2. The number of rotatable bonds is 2. The molecule has 2 fully saturated rings. The van der Waals surface area contributed by atoms with Crippen molar-refractivity contribution in [3.05, 3.63) is 35.4 Å². The maximum Gasteiger partial charge on any atom is 0.220 e. The van der Waals surface area contributed by atoms with Gasteiger partial charge in [-0.15, -0.1) is 0 Å². The lowest BCUT2D eigenvalue weighted by Gasteiger charge is -2.46. The second kappa shape index (κ2) is 4.02. The summed E-state index contributed by atoms with van der Waals surface area (Å²) in [5, 5.41) is 2.80. The number of halogens is 2. The minimum atomic E-state index is -0.748. The van der Waals surface area contributed by atoms with Gasteiger partial charge in [0.15, 0.2) is 0 Å². The van der Waals surface area contributed by atoms with E-state index in [9.17, 15) is 13.6 Å². The third-order valence-electron chi connectivity index (χ3n) is 3.84. The Hall–Kier alpha value is -1.49. The summed E-state index contributed by atoms with van der Waals surface area (Å²) in [4.78, 5) is 11.3. The molecule has 96 valence electrons. The monoisotopic (exact) mass is 253 g/mol. The van der Waals surface area contributed by atoms with Crippen molar-refractivity contribution in [3.63, 3.8) is 0 Å². The van der Waals surface area contributed by atoms with Crippen LogP contribution in [-0.4, -0.2) is 25.2 Å². The molecule has 0 bridgehead atoms. The smallest absolute Gasteiger partial charge is 0.220 e. The third kappa shape index (κ3) is 1.54. The lowest BCUT2D eigenvalue weighted by atomic mass is 9.71. The van der Waals surface area contributed by atoms with Crippen LogP contribution in [0.5, 0.6) is 0 Å². The van der Waals surface area contributed by atoms with Crippen LogP contribution in [0.2, 0.25) is 0 Å². The van der Waals surface area contributed by atoms with Crippen molar-refractivity contribution in [2.75, 3.05) is 13.2 Å². The number of carbonyl (C=O) groups is 1. The molecule has 2 saturated heterocycles. The summed E-state index contributed by atoms with van der Waals surface area (Å²) in [6.07, 6.45) is 0.998. The summed E-state index contributed by atoms with van der Waals surface area (Å²) >= 11 is 0. The first-order valence-electron chi connectivity index (χ1n) is 5.95. The van der Waals surface area contributed by atoms with E-state index in [0.29, 0.717) is 12.8 Å². The average molecular weight is 253 g/mol. The summed E-state index contributed by atoms with van der Waals surface area (Å²) in [5.41, 5.74) is -0.704. The Morgan fingerprint density at radius 2 is 1.94 bits per heavy atom. The average Bonchev–Trinajstić information content (AvgIpc) is 2.68. The van der Waals surface area contributed by atoms with E-state index in [1.165, 1.54) is 18.2 Å². The van der Waals surface area contributed by atoms with Crippen molar-refractivity contribution in [2.45, 2.75) is 24.3 Å². The van der Waals surface area contributed by atoms with Crippen LogP contribution in [0.4, 0.5) is 8.78 Å². The van der Waals surface area contributed by atoms with Crippen molar-refractivity contribution in [3.8, 4) is 0 Å². The van der Waals surface area contributed by atoms with Crippen LogP contribution >= 0.6 is 0 Å². The molecule has 1 unspecified atom stereocenters. The molecule has 2 aliphatic heterocycles. The summed E-state index contributed by atoms with van der Waals surface area (Å²) in [5.74, 6) is -1.21. The van der Waals surface area contributed by atoms with Crippen molar-refractivity contribution in [1.82, 2.24) is 5.32 Å². The number of amides is 1. The van der Waals surface area contributed by atoms with Gasteiger partial charge in [-0.05, 0) is 18.6 Å². The van der Waals surface area contributed by atoms with Crippen molar-refractivity contribution in [1.29, 1.82) is 0 Å². The molecule has 3 rings (SSSR count). The van der Waals surface area contributed by atoms with Gasteiger partial charge < -0.3 is 10.1 Å². The highest BCUT2D eigenvalue weighted by Gasteiger charge is 2.52. The Morgan fingerprint density at radius 3 is 2.39 bits per heavy atom. The van der Waals surface area contributed by atoms with E-state index >= 15 is 0 Å². The van der Waals surface area contributed by atoms with E-state index in [0.717, 1.165) is 0 Å². The summed E-state index contributed by atoms with van der Waals surface area (Å²) in [7, 11) is 0. The predicted molar refractivity (Wildman–Crippen MR) is 60.0 cm³/mol. The number of carbonyl (C=O) groups excluding carboxylic acids is 1. The number of benzene rings is 1. The molecular formula is C13H13F2NO2. The SMILES string of the molecule is O=C1CCC(C2(c3c(F)cccc3F)COC2)N1. The van der Waals surface area contributed by atoms with Crippen LogP contribution in [0.15, 0.2) is 18.2 Å². The maximum absolute atomic E-state index is 13.9. The molecule has 5 heteroatoms. The van der Waals surface area contributed by atoms with Crippen LogP contribution in [0.1, 0.15) is 18.4 Å². The number of nitrogens with one attached hydrogen (secondary N) is 1. The molecule has 1 N–H and O–H groups in total. The summed E-state index contributed by atoms with van der Waals surface area (Å²) in [6.45, 7) is 0.492. The molecule has 3 nitrogen and oxygen atoms in total. The van der Waals surface area contributed by atoms with E-state index in [-0.39, 0.29) is 30.7 Å². The van der Waals surface area contributed by atoms with E-state index < -0.39 is 17.0 Å². The molecule has 1 aromatic rings. The normalized spacial score (nSPS) is 25.7. The van der Waals surface area contributed by atoms with Crippen molar-refractivity contribution >= 4 is 5.91 Å². The van der Waals surface area contributed by atoms with Crippen LogP contribution in [0.25, 0.3) is 0 Å². The molecular weight excluding hydrogens is 240 g/mol. The highest BCUT2D eigenvalue weighted by Crippen LogP contribution is 2.41. The first-order valence-corrected chi connectivity index (χ1v) is 5.95. The fourth-order valence-electron chi connectivity index (χ4n) is 2.84. The molecule has 0 saturated carbocycles. The molecule has 0 aliphatic carbocycles. The molecule has 2 aliphatic rings. The highest BCUT2D eigenvalue weighted by molar-refractivity contribution is 5.79. The maximum atomic E-state index is 13.9. The van der Waals surface area contributed by atoms with Gasteiger partial charge >= 0.3 is 0 Å². The van der Waals surface area contributed by atoms with E-state index in [2.05, 4.69) is 5.32 Å². The largest absolute Gasteiger partial charge is 0.379 e. The van der Waals surface area contributed by atoms with Gasteiger partial charge in [0.2, 0.25) is 5.91 Å². The molecule has 18 heavy (non-hydrogen) atoms. The van der Waals surface area contributed by atoms with Crippen molar-refractivity contribution in [2.24, 2.45) is 0 Å². The number of hydrogen-bond donors (Lipinski definition) is 1. The quantitative estimate of drug-likeness (QED) is 0.867. The zero-order valence-corrected chi connectivity index (χ0v) is 9.71. The second-order valence-corrected chi connectivity index (χ2v) is 4.90. The van der Waals surface area contributed by atoms with Gasteiger partial charge in [0.1, 0.15) is 11.6 Å². The molecule has 0 radical (unpaired) electrons. The summed E-state index contributed by atoms with van der Waals surface area (Å²) < 4.78 is 33.0. The molecule has 1 atom stereocenters. The molecule has 1 aromatic carbocycles. The molecule has 2 heterocycles. The Bertz CT molecular complexity index is 480. The van der Waals surface area contributed by atoms with Gasteiger partial charge in [-0.2, -0.15) is 0 Å². The predicted octanol–water partition coefficient (Wildman–Crippen LogP) is 1.51. The first-order chi connectivity index (χ1) is 8.63. The van der Waals surface area contributed by atoms with Gasteiger partial charge in [-0.3, -0.25) is 4.79 Å². The fraction of sp³-hybridized carbons (Fsp3) is 0.462. The Kier molecular flexibility index (Phi) is 2.59. The van der Waals surface area contributed by atoms with E-state index in [1.54, 1.807) is 0 Å². The van der Waals surface area contributed by atoms with E-state index in [1.807, 2.05) is 0 Å². The Balaban J connectivity index is 2.04. The van der Waals surface area contributed by atoms with Crippen LogP contribution < -0.4 is 5.32 Å². The molecule has 0 spiro atoms. The second-order valence-electron chi connectivity index (χ2n) is 4.90. The lowest BCUT2D eigenvalue weighted by molar-refractivity contribution is -0.121. The first kappa shape index (κ1) is 11.6. The summed E-state index contributed by atoms with van der Waals surface area (Å²) in [6, 6.07) is 3.59. The zero-order chi connectivity index (χ0) is 12.8. The van der Waals surface area contributed by atoms with E-state index in [4.69, 9.17) is 4.74 Å². The standard InChI is InChI=1S/C13H13F2NO2/c14-8-2-1-3-9(15)12(8)13(6-18-7-13)10-4-5-11(17)16-10/h1-3,10H,4-7H2,(H,16,17). The topological polar surface area (TPSA) is 38.3 Å². The third-order valence-corrected chi connectivity index (χ3v) is 3.84. The molecule has 0 aromatic heterocycles. The van der Waals surface area contributed by atoms with Gasteiger partial charge in [-0.1, -0.05) is 6.07 Å². The fourth-order valence-corrected chi connectivity index (χ4v) is 2.84. The minimum absolute atomic E-state index is 0.0449. The van der Waals surface area contributed by atoms with Gasteiger partial charge in [0, 0.05) is 18.0 Å². The van der Waals surface area contributed by atoms with Gasteiger partial charge in [-0.25, -0.2) is 8.78 Å². The van der Waals surface area contributed by atoms with Crippen LogP contribution in [0, 0.1) is 11.6 Å². The van der Waals surface area contributed by atoms with Gasteiger partial charge in [0.25, 0.3) is 0 Å². The van der Waals surface area contributed by atoms with Crippen LogP contribution in [0.3, 0.4) is 0 Å². The highest BCUT2D eigenvalue weighted by atomic mass is 19.1. The van der Waals surface area contributed by atoms with Crippen LogP contribution in [-0.2, 0) is 14.9 Å². The lowest BCUT2D eigenvalue weighted by Crippen LogP contribution is -2.59. The Morgan fingerprint density at radius 1 is 1.28 bits per heavy atom. The zero-order valence-electron chi connectivity index (χ0n) is 9.71. The Labute approximate surface area is 103 Å². The number of ether oxygens (including phenoxy) is 1. The van der Waals surface area contributed by atoms with Gasteiger partial charge in [0.05, 0.1) is 18.6 Å².